The fourth-order valence-electron chi connectivity index (χ4n) is 5.10. The number of hydrogen-bond acceptors (Lipinski definition) is 7. The van der Waals surface area contributed by atoms with Gasteiger partial charge in [0.25, 0.3) is 0 Å². The minimum atomic E-state index is -1.78. The second kappa shape index (κ2) is 10.1. The molecule has 0 spiro atoms. The van der Waals surface area contributed by atoms with Crippen molar-refractivity contribution in [2.24, 2.45) is 5.92 Å². The molecule has 1 aromatic carbocycles. The summed E-state index contributed by atoms with van der Waals surface area (Å²) < 4.78 is 17.6. The fourth-order valence-corrected chi connectivity index (χ4v) is 5.10. The molecule has 4 rings (SSSR count). The van der Waals surface area contributed by atoms with Gasteiger partial charge in [0.05, 0.1) is 0 Å². The molecular formula is C26H34O8. The van der Waals surface area contributed by atoms with Crippen molar-refractivity contribution >= 4 is 5.97 Å². The van der Waals surface area contributed by atoms with Gasteiger partial charge in [-0.3, -0.25) is 0 Å². The SMILES string of the molecule is C=C1Oc2cc(CCCCC)cc(O[C@@H]3O[C@H](C(=O)O)[C@@H](O)[C@H](O)[C@H]3O)c2[C@@H]2C=C(C)CC[C@@H]12. The van der Waals surface area contributed by atoms with Crippen molar-refractivity contribution < 1.29 is 39.4 Å². The lowest BCUT2D eigenvalue weighted by Crippen LogP contribution is -2.61. The molecule has 7 atom stereocenters. The Hall–Kier alpha value is -2.39. The second-order valence-electron chi connectivity index (χ2n) is 9.57. The van der Waals surface area contributed by atoms with Gasteiger partial charge in [0.2, 0.25) is 6.29 Å². The van der Waals surface area contributed by atoms with Crippen LogP contribution < -0.4 is 9.47 Å². The molecule has 186 valence electrons. The Labute approximate surface area is 199 Å². The number of allylic oxidation sites excluding steroid dienone is 3. The first kappa shape index (κ1) is 24.7. The molecule has 8 nitrogen and oxygen atoms in total. The highest BCUT2D eigenvalue weighted by Crippen LogP contribution is 2.51. The van der Waals surface area contributed by atoms with Crippen LogP contribution in [0.25, 0.3) is 0 Å². The van der Waals surface area contributed by atoms with Crippen LogP contribution in [0.1, 0.15) is 63.0 Å². The van der Waals surface area contributed by atoms with Crippen molar-refractivity contribution in [2.45, 2.75) is 89.0 Å². The maximum absolute atomic E-state index is 11.5. The molecule has 4 N–H and O–H groups in total. The Bertz CT molecular complexity index is 970. The van der Waals surface area contributed by atoms with Crippen LogP contribution >= 0.6 is 0 Å². The number of ether oxygens (including phenoxy) is 3. The molecule has 2 heterocycles. The predicted octanol–water partition coefficient (Wildman–Crippen LogP) is 3.04. The number of fused-ring (bicyclic) bond motifs is 3. The Morgan fingerprint density at radius 1 is 1.18 bits per heavy atom. The Morgan fingerprint density at radius 3 is 2.65 bits per heavy atom. The van der Waals surface area contributed by atoms with Gasteiger partial charge in [0.15, 0.2) is 6.10 Å². The summed E-state index contributed by atoms with van der Waals surface area (Å²) in [5.74, 6) is 0.317. The third kappa shape index (κ3) is 4.73. The van der Waals surface area contributed by atoms with E-state index in [1.165, 1.54) is 5.57 Å². The number of aliphatic carboxylic acids is 1. The molecule has 0 bridgehead atoms. The average Bonchev–Trinajstić information content (AvgIpc) is 2.79. The monoisotopic (exact) mass is 474 g/mol. The van der Waals surface area contributed by atoms with Crippen LogP contribution in [0.15, 0.2) is 36.1 Å². The zero-order chi connectivity index (χ0) is 24.6. The molecule has 0 saturated carbocycles. The van der Waals surface area contributed by atoms with Gasteiger partial charge >= 0.3 is 5.97 Å². The summed E-state index contributed by atoms with van der Waals surface area (Å²) in [5, 5.41) is 40.2. The number of benzene rings is 1. The first-order chi connectivity index (χ1) is 16.2. The number of rotatable bonds is 7. The van der Waals surface area contributed by atoms with Crippen LogP contribution in [-0.4, -0.2) is 57.1 Å². The van der Waals surface area contributed by atoms with E-state index >= 15 is 0 Å². The van der Waals surface area contributed by atoms with E-state index in [0.717, 1.165) is 49.7 Å². The molecular weight excluding hydrogens is 440 g/mol. The third-order valence-corrected chi connectivity index (χ3v) is 7.02. The number of aliphatic hydroxyl groups excluding tert-OH is 3. The van der Waals surface area contributed by atoms with Crippen molar-refractivity contribution in [3.8, 4) is 11.5 Å². The molecule has 1 aromatic rings. The van der Waals surface area contributed by atoms with Gasteiger partial charge < -0.3 is 34.6 Å². The van der Waals surface area contributed by atoms with Crippen LogP contribution in [0.3, 0.4) is 0 Å². The van der Waals surface area contributed by atoms with Gasteiger partial charge in [0, 0.05) is 17.4 Å². The van der Waals surface area contributed by atoms with E-state index in [4.69, 9.17) is 14.2 Å². The third-order valence-electron chi connectivity index (χ3n) is 7.02. The highest BCUT2D eigenvalue weighted by atomic mass is 16.7. The van der Waals surface area contributed by atoms with Crippen LogP contribution in [0.4, 0.5) is 0 Å². The first-order valence-corrected chi connectivity index (χ1v) is 12.0. The van der Waals surface area contributed by atoms with E-state index in [9.17, 15) is 25.2 Å². The van der Waals surface area contributed by atoms with Crippen molar-refractivity contribution in [1.29, 1.82) is 0 Å². The minimum absolute atomic E-state index is 0.0452. The molecule has 34 heavy (non-hydrogen) atoms. The van der Waals surface area contributed by atoms with Crippen molar-refractivity contribution in [1.82, 2.24) is 0 Å². The van der Waals surface area contributed by atoms with Gasteiger partial charge in [-0.2, -0.15) is 0 Å². The highest BCUT2D eigenvalue weighted by molar-refractivity contribution is 5.73. The average molecular weight is 475 g/mol. The van der Waals surface area contributed by atoms with E-state index < -0.39 is 36.7 Å². The van der Waals surface area contributed by atoms with Crippen LogP contribution in [0.2, 0.25) is 0 Å². The molecule has 3 aliphatic rings. The summed E-state index contributed by atoms with van der Waals surface area (Å²) in [6.07, 6.45) is -0.415. The normalized spacial score (nSPS) is 32.8. The van der Waals surface area contributed by atoms with E-state index in [-0.39, 0.29) is 11.8 Å². The molecule has 0 aromatic heterocycles. The van der Waals surface area contributed by atoms with Gasteiger partial charge in [-0.25, -0.2) is 4.79 Å². The van der Waals surface area contributed by atoms with Gasteiger partial charge in [-0.1, -0.05) is 38.0 Å². The number of carbonyl (C=O) groups is 1. The standard InChI is InChI=1S/C26H34O8/c1-4-5-6-7-15-11-18-20(17-10-13(2)8-9-16(17)14(3)32-18)19(12-15)33-26-23(29)21(27)22(28)24(34-26)25(30)31/h10-12,16-17,21-24,26-29H,3-9H2,1-2H3,(H,30,31)/t16-,17+,21-,22-,23+,24-,26+/m0/s1. The van der Waals surface area contributed by atoms with E-state index in [1.54, 1.807) is 0 Å². The zero-order valence-corrected chi connectivity index (χ0v) is 19.6. The Morgan fingerprint density at radius 2 is 1.94 bits per heavy atom. The number of aliphatic hydroxyl groups is 3. The predicted molar refractivity (Wildman–Crippen MR) is 124 cm³/mol. The van der Waals surface area contributed by atoms with Gasteiger partial charge in [0.1, 0.15) is 35.6 Å². The molecule has 0 amide bonds. The maximum Gasteiger partial charge on any atom is 0.335 e. The molecule has 1 fully saturated rings. The van der Waals surface area contributed by atoms with E-state index in [1.807, 2.05) is 12.1 Å². The van der Waals surface area contributed by atoms with Crippen LogP contribution in [0.5, 0.6) is 11.5 Å². The molecule has 1 saturated heterocycles. The van der Waals surface area contributed by atoms with E-state index in [0.29, 0.717) is 17.3 Å². The second-order valence-corrected chi connectivity index (χ2v) is 9.57. The summed E-state index contributed by atoms with van der Waals surface area (Å²) in [6.45, 7) is 8.36. The molecule has 8 heteroatoms. The Kier molecular flexibility index (Phi) is 7.33. The molecule has 2 aliphatic heterocycles. The minimum Gasteiger partial charge on any atom is -0.479 e. The summed E-state index contributed by atoms with van der Waals surface area (Å²) in [7, 11) is 0. The number of carboxylic acids is 1. The highest BCUT2D eigenvalue weighted by Gasteiger charge is 2.48. The van der Waals surface area contributed by atoms with Gasteiger partial charge in [-0.05, 0) is 50.3 Å². The topological polar surface area (TPSA) is 126 Å². The largest absolute Gasteiger partial charge is 0.479 e. The molecule has 0 unspecified atom stereocenters. The summed E-state index contributed by atoms with van der Waals surface area (Å²) >= 11 is 0. The summed E-state index contributed by atoms with van der Waals surface area (Å²) in [6, 6.07) is 3.87. The lowest BCUT2D eigenvalue weighted by atomic mass is 9.74. The lowest BCUT2D eigenvalue weighted by molar-refractivity contribution is -0.271. The maximum atomic E-state index is 11.5. The Balaban J connectivity index is 1.74. The van der Waals surface area contributed by atoms with E-state index in [2.05, 4.69) is 26.5 Å². The number of hydrogen-bond donors (Lipinski definition) is 4. The molecule has 1 aliphatic carbocycles. The smallest absolute Gasteiger partial charge is 0.335 e. The van der Waals surface area contributed by atoms with Crippen LogP contribution in [-0.2, 0) is 16.0 Å². The van der Waals surface area contributed by atoms with Crippen molar-refractivity contribution in [3.05, 3.63) is 47.2 Å². The van der Waals surface area contributed by atoms with Crippen LogP contribution in [0, 0.1) is 5.92 Å². The number of aryl methyl sites for hydroxylation is 1. The summed E-state index contributed by atoms with van der Waals surface area (Å²) in [5.41, 5.74) is 3.02. The molecule has 0 radical (unpaired) electrons. The first-order valence-electron chi connectivity index (χ1n) is 12.0. The lowest BCUT2D eigenvalue weighted by Gasteiger charge is -2.41. The number of carboxylic acid groups (broad SMARTS) is 1. The zero-order valence-electron chi connectivity index (χ0n) is 19.6. The summed E-state index contributed by atoms with van der Waals surface area (Å²) in [4.78, 5) is 11.5. The van der Waals surface area contributed by atoms with Crippen molar-refractivity contribution in [3.63, 3.8) is 0 Å². The number of unbranched alkanes of at least 4 members (excludes halogenated alkanes) is 2. The fraction of sp³-hybridized carbons (Fsp3) is 0.577. The van der Waals surface area contributed by atoms with Gasteiger partial charge in [-0.15, -0.1) is 0 Å². The quantitative estimate of drug-likeness (QED) is 0.351. The van der Waals surface area contributed by atoms with Crippen molar-refractivity contribution in [2.75, 3.05) is 0 Å².